The topological polar surface area (TPSA) is 58.6 Å². The van der Waals surface area contributed by atoms with Crippen LogP contribution in [0.4, 0.5) is 4.79 Å². The summed E-state index contributed by atoms with van der Waals surface area (Å²) in [7, 11) is 0. The van der Waals surface area contributed by atoms with E-state index in [1.165, 1.54) is 0 Å². The summed E-state index contributed by atoms with van der Waals surface area (Å²) < 4.78 is 5.11. The molecule has 6 heteroatoms. The Morgan fingerprint density at radius 1 is 1.14 bits per heavy atom. The van der Waals surface area contributed by atoms with Crippen molar-refractivity contribution in [2.24, 2.45) is 0 Å². The fourth-order valence-electron chi connectivity index (χ4n) is 1.92. The molecule has 0 heterocycles. The molecule has 0 aliphatic rings. The van der Waals surface area contributed by atoms with Gasteiger partial charge in [0.25, 0.3) is 0 Å². The highest BCUT2D eigenvalue weighted by Crippen LogP contribution is 2.29. The maximum atomic E-state index is 11.8. The minimum Gasteiger partial charge on any atom is -0.445 e. The van der Waals surface area contributed by atoms with E-state index in [1.54, 1.807) is 18.2 Å². The maximum Gasteiger partial charge on any atom is 0.408 e. The van der Waals surface area contributed by atoms with Gasteiger partial charge in [0.1, 0.15) is 6.61 Å². The van der Waals surface area contributed by atoms with Gasteiger partial charge in [-0.2, -0.15) is 0 Å². The second-order valence-electron chi connectivity index (χ2n) is 4.58. The van der Waals surface area contributed by atoms with Gasteiger partial charge in [0.15, 0.2) is 0 Å². The van der Waals surface area contributed by atoms with Gasteiger partial charge >= 0.3 is 6.09 Å². The number of hydrogen-bond donors (Lipinski definition) is 2. The summed E-state index contributed by atoms with van der Waals surface area (Å²) >= 11 is 12.0. The van der Waals surface area contributed by atoms with Crippen LogP contribution in [-0.2, 0) is 11.3 Å². The van der Waals surface area contributed by atoms with Crippen LogP contribution in [0.1, 0.15) is 17.2 Å². The van der Waals surface area contributed by atoms with Gasteiger partial charge < -0.3 is 15.2 Å². The summed E-state index contributed by atoms with van der Waals surface area (Å²) in [6, 6.07) is 13.6. The van der Waals surface area contributed by atoms with Gasteiger partial charge in [-0.15, -0.1) is 0 Å². The molecule has 0 saturated heterocycles. The predicted octanol–water partition coefficient (Wildman–Crippen LogP) is 3.95. The first-order valence-corrected chi connectivity index (χ1v) is 7.39. The molecule has 1 unspecified atom stereocenters. The number of aliphatic hydroxyl groups is 1. The lowest BCUT2D eigenvalue weighted by Crippen LogP contribution is -2.31. The lowest BCUT2D eigenvalue weighted by atomic mass is 10.1. The van der Waals surface area contributed by atoms with Crippen molar-refractivity contribution in [2.45, 2.75) is 12.6 Å². The van der Waals surface area contributed by atoms with Crippen LogP contribution in [0, 0.1) is 0 Å². The first-order valence-electron chi connectivity index (χ1n) is 6.63. The molecule has 0 radical (unpaired) electrons. The molecule has 22 heavy (non-hydrogen) atoms. The van der Waals surface area contributed by atoms with Crippen LogP contribution in [0.25, 0.3) is 0 Å². The number of hydrogen-bond acceptors (Lipinski definition) is 3. The Morgan fingerprint density at radius 3 is 2.55 bits per heavy atom. The third-order valence-electron chi connectivity index (χ3n) is 3.04. The second kappa shape index (κ2) is 8.03. The van der Waals surface area contributed by atoms with Gasteiger partial charge in [-0.3, -0.25) is 0 Å². The molecule has 0 spiro atoms. The highest BCUT2D eigenvalue weighted by atomic mass is 35.5. The SMILES string of the molecule is O=C(NC(CO)c1cccc(Cl)c1Cl)OCc1ccccc1. The van der Waals surface area contributed by atoms with E-state index in [4.69, 9.17) is 27.9 Å². The zero-order valence-corrected chi connectivity index (χ0v) is 13.1. The predicted molar refractivity (Wildman–Crippen MR) is 86.1 cm³/mol. The lowest BCUT2D eigenvalue weighted by molar-refractivity contribution is 0.129. The van der Waals surface area contributed by atoms with Crippen molar-refractivity contribution in [3.05, 3.63) is 69.7 Å². The molecule has 116 valence electrons. The summed E-state index contributed by atoms with van der Waals surface area (Å²) in [5, 5.41) is 12.7. The average Bonchev–Trinajstić information content (AvgIpc) is 2.54. The standard InChI is InChI=1S/C16H15Cl2NO3/c17-13-8-4-7-12(15(13)18)14(9-20)19-16(21)22-10-11-5-2-1-3-6-11/h1-8,14,20H,9-10H2,(H,19,21). The molecule has 1 amide bonds. The zero-order chi connectivity index (χ0) is 15.9. The minimum atomic E-state index is -0.686. The molecule has 2 aromatic carbocycles. The molecule has 0 aliphatic heterocycles. The van der Waals surface area contributed by atoms with Gasteiger partial charge in [0, 0.05) is 0 Å². The Kier molecular flexibility index (Phi) is 6.07. The average molecular weight is 340 g/mol. The van der Waals surface area contributed by atoms with Crippen molar-refractivity contribution in [3.8, 4) is 0 Å². The van der Waals surface area contributed by atoms with E-state index >= 15 is 0 Å². The Bertz CT molecular complexity index is 635. The van der Waals surface area contributed by atoms with Crippen molar-refractivity contribution < 1.29 is 14.6 Å². The highest BCUT2D eigenvalue weighted by Gasteiger charge is 2.18. The van der Waals surface area contributed by atoms with Crippen molar-refractivity contribution in [3.63, 3.8) is 0 Å². The third-order valence-corrected chi connectivity index (χ3v) is 3.88. The van der Waals surface area contributed by atoms with E-state index in [-0.39, 0.29) is 13.2 Å². The smallest absolute Gasteiger partial charge is 0.408 e. The van der Waals surface area contributed by atoms with E-state index in [0.29, 0.717) is 15.6 Å². The second-order valence-corrected chi connectivity index (χ2v) is 5.37. The summed E-state index contributed by atoms with van der Waals surface area (Å²) in [5.74, 6) is 0. The maximum absolute atomic E-state index is 11.8. The molecule has 0 aromatic heterocycles. The number of rotatable bonds is 5. The van der Waals surface area contributed by atoms with Crippen molar-refractivity contribution >= 4 is 29.3 Å². The van der Waals surface area contributed by atoms with E-state index < -0.39 is 12.1 Å². The van der Waals surface area contributed by atoms with Gasteiger partial charge in [-0.05, 0) is 17.2 Å². The number of carbonyl (C=O) groups excluding carboxylic acids is 1. The Balaban J connectivity index is 1.98. The molecular formula is C16H15Cl2NO3. The highest BCUT2D eigenvalue weighted by molar-refractivity contribution is 6.42. The molecule has 0 bridgehead atoms. The molecule has 0 fully saturated rings. The largest absolute Gasteiger partial charge is 0.445 e. The van der Waals surface area contributed by atoms with Crippen LogP contribution >= 0.6 is 23.2 Å². The van der Waals surface area contributed by atoms with Crippen molar-refractivity contribution in [1.29, 1.82) is 0 Å². The van der Waals surface area contributed by atoms with E-state index in [0.717, 1.165) is 5.56 Å². The third kappa shape index (κ3) is 4.37. The van der Waals surface area contributed by atoms with Gasteiger partial charge in [-0.25, -0.2) is 4.79 Å². The van der Waals surface area contributed by atoms with Crippen LogP contribution in [0.2, 0.25) is 10.0 Å². The number of nitrogens with one attached hydrogen (secondary N) is 1. The van der Waals surface area contributed by atoms with Gasteiger partial charge in [0.2, 0.25) is 0 Å². The van der Waals surface area contributed by atoms with Crippen LogP contribution in [0.15, 0.2) is 48.5 Å². The molecule has 0 saturated carbocycles. The number of ether oxygens (including phenoxy) is 1. The number of alkyl carbamates (subject to hydrolysis) is 1. The number of amides is 1. The number of halogens is 2. The lowest BCUT2D eigenvalue weighted by Gasteiger charge is -2.18. The fourth-order valence-corrected chi connectivity index (χ4v) is 2.36. The van der Waals surface area contributed by atoms with Crippen LogP contribution in [-0.4, -0.2) is 17.8 Å². The first kappa shape index (κ1) is 16.6. The van der Waals surface area contributed by atoms with Crippen molar-refractivity contribution in [2.75, 3.05) is 6.61 Å². The number of benzene rings is 2. The Labute approximate surface area is 138 Å². The summed E-state index contributed by atoms with van der Waals surface area (Å²) in [4.78, 5) is 11.8. The van der Waals surface area contributed by atoms with Gasteiger partial charge in [-0.1, -0.05) is 65.7 Å². The quantitative estimate of drug-likeness (QED) is 0.866. The van der Waals surface area contributed by atoms with Crippen LogP contribution in [0.5, 0.6) is 0 Å². The molecule has 2 aromatic rings. The monoisotopic (exact) mass is 339 g/mol. The summed E-state index contributed by atoms with van der Waals surface area (Å²) in [6.07, 6.45) is -0.640. The Morgan fingerprint density at radius 2 is 1.86 bits per heavy atom. The number of carbonyl (C=O) groups is 1. The Hall–Kier alpha value is -1.75. The molecular weight excluding hydrogens is 325 g/mol. The summed E-state index contributed by atoms with van der Waals surface area (Å²) in [5.41, 5.74) is 1.41. The normalized spacial score (nSPS) is 11.8. The van der Waals surface area contributed by atoms with E-state index in [9.17, 15) is 9.90 Å². The summed E-state index contributed by atoms with van der Waals surface area (Å²) in [6.45, 7) is -0.172. The molecule has 1 atom stereocenters. The van der Waals surface area contributed by atoms with E-state index in [1.807, 2.05) is 30.3 Å². The number of aliphatic hydroxyl groups excluding tert-OH is 1. The van der Waals surface area contributed by atoms with Gasteiger partial charge in [0.05, 0.1) is 22.7 Å². The van der Waals surface area contributed by atoms with Crippen molar-refractivity contribution in [1.82, 2.24) is 5.32 Å². The molecule has 0 aliphatic carbocycles. The molecule has 2 rings (SSSR count). The van der Waals surface area contributed by atoms with E-state index in [2.05, 4.69) is 5.32 Å². The van der Waals surface area contributed by atoms with Crippen LogP contribution < -0.4 is 5.32 Å². The molecule has 4 nitrogen and oxygen atoms in total. The van der Waals surface area contributed by atoms with Crippen LogP contribution in [0.3, 0.4) is 0 Å². The fraction of sp³-hybridized carbons (Fsp3) is 0.188. The molecule has 2 N–H and O–H groups in total. The minimum absolute atomic E-state index is 0.147. The zero-order valence-electron chi connectivity index (χ0n) is 11.6. The first-order chi connectivity index (χ1) is 10.6.